The number of aromatic nitrogens is 1. The lowest BCUT2D eigenvalue weighted by molar-refractivity contribution is 0.671. The van der Waals surface area contributed by atoms with E-state index in [9.17, 15) is 0 Å². The molecule has 8 aromatic carbocycles. The van der Waals surface area contributed by atoms with Gasteiger partial charge in [-0.2, -0.15) is 0 Å². The standard InChI is InChI=1S/C40H23NO/c1-3-10-35-30(8-1)33-22-23-34-31-9-2-4-11-36(31)42-40(34)39(33)41(35)28-18-14-24(15-19-28)29-20-16-27-13-12-25-6-5-7-26-17-21-32(29)38(27)37(25)26/h1-23H. The van der Waals surface area contributed by atoms with Crippen LogP contribution < -0.4 is 0 Å². The minimum Gasteiger partial charge on any atom is -0.454 e. The van der Waals surface area contributed by atoms with Crippen LogP contribution in [0.3, 0.4) is 0 Å². The largest absolute Gasteiger partial charge is 0.454 e. The zero-order valence-electron chi connectivity index (χ0n) is 22.6. The van der Waals surface area contributed by atoms with Crippen LogP contribution in [0.4, 0.5) is 0 Å². The molecule has 0 aliphatic carbocycles. The van der Waals surface area contributed by atoms with Gasteiger partial charge in [0.1, 0.15) is 5.58 Å². The summed E-state index contributed by atoms with van der Waals surface area (Å²) in [5.74, 6) is 0. The minimum atomic E-state index is 0.918. The second-order valence-electron chi connectivity index (χ2n) is 11.3. The van der Waals surface area contributed by atoms with E-state index in [4.69, 9.17) is 4.42 Å². The third-order valence-electron chi connectivity index (χ3n) is 9.14. The zero-order valence-corrected chi connectivity index (χ0v) is 22.6. The van der Waals surface area contributed by atoms with Crippen molar-refractivity contribution in [3.63, 3.8) is 0 Å². The fourth-order valence-corrected chi connectivity index (χ4v) is 7.28. The number of furan rings is 1. The highest BCUT2D eigenvalue weighted by molar-refractivity contribution is 6.25. The third kappa shape index (κ3) is 2.83. The van der Waals surface area contributed by atoms with Gasteiger partial charge in [0, 0.05) is 27.2 Å². The Morgan fingerprint density at radius 1 is 0.429 bits per heavy atom. The zero-order chi connectivity index (χ0) is 27.4. The number of rotatable bonds is 2. The van der Waals surface area contributed by atoms with Gasteiger partial charge in [-0.1, -0.05) is 109 Å². The summed E-state index contributed by atoms with van der Waals surface area (Å²) in [4.78, 5) is 0. The van der Waals surface area contributed by atoms with Crippen molar-refractivity contribution in [2.75, 3.05) is 0 Å². The lowest BCUT2D eigenvalue weighted by Gasteiger charge is -2.15. The Kier molecular flexibility index (Phi) is 4.21. The summed E-state index contributed by atoms with van der Waals surface area (Å²) in [5.41, 5.74) is 7.73. The van der Waals surface area contributed by atoms with Gasteiger partial charge in [-0.25, -0.2) is 0 Å². The van der Waals surface area contributed by atoms with Crippen molar-refractivity contribution in [3.05, 3.63) is 140 Å². The van der Waals surface area contributed by atoms with Gasteiger partial charge < -0.3 is 8.98 Å². The van der Waals surface area contributed by atoms with Crippen molar-refractivity contribution < 1.29 is 4.42 Å². The van der Waals surface area contributed by atoms with E-state index in [1.807, 2.05) is 6.07 Å². The van der Waals surface area contributed by atoms with Gasteiger partial charge in [-0.05, 0) is 73.8 Å². The summed E-state index contributed by atoms with van der Waals surface area (Å²) < 4.78 is 8.90. The summed E-state index contributed by atoms with van der Waals surface area (Å²) in [6, 6.07) is 50.6. The highest BCUT2D eigenvalue weighted by atomic mass is 16.3. The molecule has 0 saturated heterocycles. The van der Waals surface area contributed by atoms with Crippen LogP contribution in [-0.4, -0.2) is 4.57 Å². The Morgan fingerprint density at radius 2 is 1.10 bits per heavy atom. The van der Waals surface area contributed by atoms with Crippen LogP contribution in [0.1, 0.15) is 0 Å². The van der Waals surface area contributed by atoms with Crippen LogP contribution in [0.5, 0.6) is 0 Å². The highest BCUT2D eigenvalue weighted by Crippen LogP contribution is 2.42. The quantitative estimate of drug-likeness (QED) is 0.202. The van der Waals surface area contributed by atoms with Crippen molar-refractivity contribution >= 4 is 76.1 Å². The first-order valence-corrected chi connectivity index (χ1v) is 14.4. The van der Waals surface area contributed by atoms with Crippen molar-refractivity contribution in [1.82, 2.24) is 4.57 Å². The van der Waals surface area contributed by atoms with Crippen molar-refractivity contribution in [2.45, 2.75) is 0 Å². The van der Waals surface area contributed by atoms with Gasteiger partial charge in [0.25, 0.3) is 0 Å². The molecule has 0 N–H and O–H groups in total. The van der Waals surface area contributed by atoms with Gasteiger partial charge in [0.2, 0.25) is 0 Å². The number of hydrogen-bond donors (Lipinski definition) is 0. The molecule has 2 heterocycles. The van der Waals surface area contributed by atoms with Crippen molar-refractivity contribution in [1.29, 1.82) is 0 Å². The first-order valence-electron chi connectivity index (χ1n) is 14.4. The molecule has 0 saturated carbocycles. The van der Waals surface area contributed by atoms with Gasteiger partial charge in [0.15, 0.2) is 5.58 Å². The topological polar surface area (TPSA) is 18.1 Å². The van der Waals surface area contributed by atoms with Crippen LogP contribution in [-0.2, 0) is 0 Å². The summed E-state index contributed by atoms with van der Waals surface area (Å²) in [6.45, 7) is 0. The van der Waals surface area contributed by atoms with Crippen LogP contribution in [0.2, 0.25) is 0 Å². The summed E-state index contributed by atoms with van der Waals surface area (Å²) >= 11 is 0. The molecule has 0 bridgehead atoms. The number of benzene rings is 8. The smallest absolute Gasteiger partial charge is 0.160 e. The maximum Gasteiger partial charge on any atom is 0.160 e. The molecule has 10 rings (SSSR count). The van der Waals surface area contributed by atoms with E-state index in [-0.39, 0.29) is 0 Å². The molecule has 0 unspecified atom stereocenters. The molecule has 194 valence electrons. The summed E-state index contributed by atoms with van der Waals surface area (Å²) in [5, 5.41) is 12.6. The molecule has 0 atom stereocenters. The molecular formula is C40H23NO. The Balaban J connectivity index is 1.22. The Bertz CT molecular complexity index is 2650. The highest BCUT2D eigenvalue weighted by Gasteiger charge is 2.19. The second-order valence-corrected chi connectivity index (χ2v) is 11.3. The molecule has 0 spiro atoms. The molecule has 42 heavy (non-hydrogen) atoms. The molecule has 0 aliphatic heterocycles. The normalized spacial score (nSPS) is 12.3. The van der Waals surface area contributed by atoms with E-state index in [2.05, 4.69) is 138 Å². The van der Waals surface area contributed by atoms with Gasteiger partial charge in [-0.3, -0.25) is 0 Å². The Morgan fingerprint density at radius 3 is 1.95 bits per heavy atom. The lowest BCUT2D eigenvalue weighted by atomic mass is 9.90. The van der Waals surface area contributed by atoms with E-state index in [0.717, 1.165) is 33.1 Å². The Labute approximate surface area is 241 Å². The number of para-hydroxylation sites is 2. The van der Waals surface area contributed by atoms with Crippen molar-refractivity contribution in [2.24, 2.45) is 0 Å². The predicted molar refractivity (Wildman–Crippen MR) is 177 cm³/mol. The molecule has 0 radical (unpaired) electrons. The predicted octanol–water partition coefficient (Wildman–Crippen LogP) is 11.2. The fraction of sp³-hybridized carbons (Fsp3) is 0. The fourth-order valence-electron chi connectivity index (χ4n) is 7.28. The average Bonchev–Trinajstić information content (AvgIpc) is 3.60. The van der Waals surface area contributed by atoms with Gasteiger partial charge >= 0.3 is 0 Å². The van der Waals surface area contributed by atoms with Crippen LogP contribution >= 0.6 is 0 Å². The third-order valence-corrected chi connectivity index (χ3v) is 9.14. The van der Waals surface area contributed by atoms with E-state index >= 15 is 0 Å². The molecular weight excluding hydrogens is 510 g/mol. The molecule has 10 aromatic rings. The van der Waals surface area contributed by atoms with Crippen LogP contribution in [0.25, 0.3) is 92.9 Å². The number of nitrogens with zero attached hydrogens (tertiary/aromatic N) is 1. The number of hydrogen-bond acceptors (Lipinski definition) is 1. The molecule has 2 nitrogen and oxygen atoms in total. The van der Waals surface area contributed by atoms with Crippen molar-refractivity contribution in [3.8, 4) is 16.8 Å². The van der Waals surface area contributed by atoms with E-state index in [1.165, 1.54) is 59.7 Å². The van der Waals surface area contributed by atoms with Crippen LogP contribution in [0, 0.1) is 0 Å². The monoisotopic (exact) mass is 533 g/mol. The maximum atomic E-state index is 6.53. The minimum absolute atomic E-state index is 0.918. The summed E-state index contributed by atoms with van der Waals surface area (Å²) in [7, 11) is 0. The van der Waals surface area contributed by atoms with E-state index in [1.54, 1.807) is 0 Å². The Hall–Kier alpha value is -5.60. The first-order chi connectivity index (χ1) is 20.8. The SMILES string of the molecule is c1cc2ccc3ccc(-c4ccc(-n5c6ccccc6c6ccc7c8ccccc8oc7c65)cc4)c4ccc(c1)c2c34. The molecule has 0 aliphatic rings. The lowest BCUT2D eigenvalue weighted by Crippen LogP contribution is -1.94. The molecule has 0 fully saturated rings. The van der Waals surface area contributed by atoms with Gasteiger partial charge in [0.05, 0.1) is 11.0 Å². The first kappa shape index (κ1) is 22.1. The van der Waals surface area contributed by atoms with Gasteiger partial charge in [-0.15, -0.1) is 0 Å². The average molecular weight is 534 g/mol. The van der Waals surface area contributed by atoms with Crippen LogP contribution in [0.15, 0.2) is 144 Å². The summed E-state index contributed by atoms with van der Waals surface area (Å²) in [6.07, 6.45) is 0. The number of fused-ring (bicyclic) bond motifs is 7. The molecule has 2 aromatic heterocycles. The molecule has 0 amide bonds. The van der Waals surface area contributed by atoms with E-state index < -0.39 is 0 Å². The second kappa shape index (κ2) is 7.99. The van der Waals surface area contributed by atoms with E-state index in [0.29, 0.717) is 0 Å². The maximum absolute atomic E-state index is 6.53. The molecule has 2 heteroatoms.